The van der Waals surface area contributed by atoms with Crippen LogP contribution in [0.1, 0.15) is 47.2 Å². The lowest BCUT2D eigenvalue weighted by molar-refractivity contribution is -0.116. The van der Waals surface area contributed by atoms with Gasteiger partial charge in [0.15, 0.2) is 0 Å². The van der Waals surface area contributed by atoms with Crippen LogP contribution in [0.4, 0.5) is 25.8 Å². The molecule has 0 bridgehead atoms. The van der Waals surface area contributed by atoms with Gasteiger partial charge in [-0.2, -0.15) is 0 Å². The molecule has 3 aromatic rings. The summed E-state index contributed by atoms with van der Waals surface area (Å²) in [5.41, 5.74) is 8.67. The number of anilines is 3. The number of nitrogens with one attached hydrogen (secondary N) is 3. The predicted molar refractivity (Wildman–Crippen MR) is 140 cm³/mol. The molecule has 0 spiro atoms. The number of unbranched alkanes of at least 4 members (excludes halogenated alkanes) is 2. The van der Waals surface area contributed by atoms with Gasteiger partial charge in [0.05, 0.1) is 11.4 Å². The fourth-order valence-electron chi connectivity index (χ4n) is 3.99. The monoisotopic (exact) mass is 504 g/mol. The van der Waals surface area contributed by atoms with E-state index in [4.69, 9.17) is 5.73 Å². The van der Waals surface area contributed by atoms with Crippen LogP contribution in [0.5, 0.6) is 0 Å². The molecular formula is C28H26F2N4O3. The molecule has 5 N–H and O–H groups in total. The van der Waals surface area contributed by atoms with Gasteiger partial charge in [-0.25, -0.2) is 8.78 Å². The number of halogens is 2. The molecule has 0 radical (unpaired) electrons. The number of fused-ring (bicyclic) bond motifs is 1. The summed E-state index contributed by atoms with van der Waals surface area (Å²) in [5.74, 6) is -1.70. The second kappa shape index (κ2) is 11.5. The fraction of sp³-hybridized carbons (Fsp3) is 0.179. The lowest BCUT2D eigenvalue weighted by Gasteiger charge is -2.08. The van der Waals surface area contributed by atoms with Crippen LogP contribution >= 0.6 is 0 Å². The first kappa shape index (κ1) is 25.6. The van der Waals surface area contributed by atoms with Crippen LogP contribution in [-0.4, -0.2) is 24.3 Å². The Morgan fingerprint density at radius 2 is 1.73 bits per heavy atom. The van der Waals surface area contributed by atoms with E-state index < -0.39 is 11.6 Å². The maximum Gasteiger partial charge on any atom is 0.256 e. The minimum atomic E-state index is -0.468. The summed E-state index contributed by atoms with van der Waals surface area (Å²) in [6.45, 7) is 0.436. The van der Waals surface area contributed by atoms with Gasteiger partial charge in [-0.15, -0.1) is 0 Å². The highest BCUT2D eigenvalue weighted by atomic mass is 19.1. The lowest BCUT2D eigenvalue weighted by atomic mass is 10.0. The second-order valence-electron chi connectivity index (χ2n) is 8.67. The highest BCUT2D eigenvalue weighted by Gasteiger charge is 2.24. The molecule has 0 atom stereocenters. The van der Waals surface area contributed by atoms with Gasteiger partial charge in [0, 0.05) is 35.4 Å². The van der Waals surface area contributed by atoms with Crippen molar-refractivity contribution < 1.29 is 23.2 Å². The van der Waals surface area contributed by atoms with Crippen molar-refractivity contribution in [1.82, 2.24) is 5.32 Å². The molecule has 3 amide bonds. The predicted octanol–water partition coefficient (Wildman–Crippen LogP) is 4.97. The molecule has 37 heavy (non-hydrogen) atoms. The van der Waals surface area contributed by atoms with Crippen LogP contribution in [0, 0.1) is 11.6 Å². The summed E-state index contributed by atoms with van der Waals surface area (Å²) in [6, 6.07) is 14.7. The highest BCUT2D eigenvalue weighted by molar-refractivity contribution is 6.34. The lowest BCUT2D eigenvalue weighted by Crippen LogP contribution is -2.24. The standard InChI is InChI=1S/C28H26F2N4O3/c29-19-8-10-24-21(15-19)22(28(37)34-24)14-17-5-4-6-18(13-17)27(36)32-12-3-1-2-7-26(35)33-25-11-9-20(30)16-23(25)31/h4-6,8-11,13-16H,1-3,7,12,31H2,(H,32,36)(H,33,35)(H,34,37)/b22-14-. The number of carbonyl (C=O) groups is 3. The van der Waals surface area contributed by atoms with Crippen molar-refractivity contribution in [2.45, 2.75) is 25.7 Å². The Bertz CT molecular complexity index is 1390. The Hall–Kier alpha value is -4.53. The molecule has 0 aromatic heterocycles. The minimum Gasteiger partial charge on any atom is -0.397 e. The number of nitrogen functional groups attached to an aromatic ring is 1. The van der Waals surface area contributed by atoms with Crippen molar-refractivity contribution in [1.29, 1.82) is 0 Å². The van der Waals surface area contributed by atoms with Gasteiger partial charge in [-0.1, -0.05) is 18.6 Å². The Labute approximate surface area is 212 Å². The number of amides is 3. The molecule has 0 saturated carbocycles. The zero-order chi connectivity index (χ0) is 26.4. The molecule has 0 fully saturated rings. The zero-order valence-corrected chi connectivity index (χ0v) is 19.9. The van der Waals surface area contributed by atoms with Gasteiger partial charge < -0.3 is 21.7 Å². The van der Waals surface area contributed by atoms with Crippen molar-refractivity contribution in [3.63, 3.8) is 0 Å². The summed E-state index contributed by atoms with van der Waals surface area (Å²) in [6.07, 6.45) is 3.94. The van der Waals surface area contributed by atoms with Gasteiger partial charge in [-0.05, 0) is 73.0 Å². The quantitative estimate of drug-likeness (QED) is 0.187. The molecule has 7 nitrogen and oxygen atoms in total. The summed E-state index contributed by atoms with van der Waals surface area (Å²) in [7, 11) is 0. The molecule has 9 heteroatoms. The molecule has 4 rings (SSSR count). The topological polar surface area (TPSA) is 113 Å². The Morgan fingerprint density at radius 1 is 0.946 bits per heavy atom. The van der Waals surface area contributed by atoms with Crippen LogP contribution in [-0.2, 0) is 9.59 Å². The molecule has 0 unspecified atom stereocenters. The maximum atomic E-state index is 13.7. The van der Waals surface area contributed by atoms with E-state index in [9.17, 15) is 23.2 Å². The van der Waals surface area contributed by atoms with Crippen molar-refractivity contribution in [3.8, 4) is 0 Å². The summed E-state index contributed by atoms with van der Waals surface area (Å²) in [4.78, 5) is 37.0. The molecule has 1 heterocycles. The molecule has 0 aliphatic carbocycles. The van der Waals surface area contributed by atoms with E-state index in [0.717, 1.165) is 12.5 Å². The van der Waals surface area contributed by atoms with Gasteiger partial charge in [0.25, 0.3) is 11.8 Å². The van der Waals surface area contributed by atoms with E-state index in [2.05, 4.69) is 16.0 Å². The summed E-state index contributed by atoms with van der Waals surface area (Å²) < 4.78 is 26.8. The first-order valence-electron chi connectivity index (χ1n) is 11.9. The van der Waals surface area contributed by atoms with Crippen molar-refractivity contribution in [2.24, 2.45) is 0 Å². The van der Waals surface area contributed by atoms with Crippen LogP contribution in [0.25, 0.3) is 11.6 Å². The molecule has 0 saturated heterocycles. The maximum absolute atomic E-state index is 13.7. The normalized spacial score (nSPS) is 13.2. The van der Waals surface area contributed by atoms with Crippen LogP contribution in [0.3, 0.4) is 0 Å². The van der Waals surface area contributed by atoms with Crippen molar-refractivity contribution in [3.05, 3.63) is 89.0 Å². The minimum absolute atomic E-state index is 0.168. The van der Waals surface area contributed by atoms with E-state index in [1.165, 1.54) is 30.3 Å². The average molecular weight is 505 g/mol. The van der Waals surface area contributed by atoms with Crippen molar-refractivity contribution >= 4 is 46.4 Å². The Morgan fingerprint density at radius 3 is 2.54 bits per heavy atom. The average Bonchev–Trinajstić information content (AvgIpc) is 3.17. The number of rotatable bonds is 9. The third-order valence-electron chi connectivity index (χ3n) is 5.88. The van der Waals surface area contributed by atoms with Crippen molar-refractivity contribution in [2.75, 3.05) is 22.9 Å². The Balaban J connectivity index is 1.23. The largest absolute Gasteiger partial charge is 0.397 e. The molecule has 3 aromatic carbocycles. The molecular weight excluding hydrogens is 478 g/mol. The number of nitrogens with two attached hydrogens (primary N) is 1. The Kier molecular flexibility index (Phi) is 7.92. The number of benzene rings is 3. The number of hydrogen-bond acceptors (Lipinski definition) is 4. The third kappa shape index (κ3) is 6.58. The number of hydrogen-bond donors (Lipinski definition) is 4. The smallest absolute Gasteiger partial charge is 0.256 e. The van der Waals surface area contributed by atoms with Gasteiger partial charge in [0.1, 0.15) is 11.6 Å². The highest BCUT2D eigenvalue weighted by Crippen LogP contribution is 2.33. The van der Waals surface area contributed by atoms with Crippen LogP contribution in [0.15, 0.2) is 60.7 Å². The van der Waals surface area contributed by atoms with Crippen LogP contribution < -0.4 is 21.7 Å². The van der Waals surface area contributed by atoms with E-state index in [-0.39, 0.29) is 29.8 Å². The zero-order valence-electron chi connectivity index (χ0n) is 19.9. The van der Waals surface area contributed by atoms with Gasteiger partial charge in [-0.3, -0.25) is 14.4 Å². The molecule has 1 aliphatic rings. The molecule has 1 aliphatic heterocycles. The SMILES string of the molecule is Nc1cc(F)ccc1NC(=O)CCCCCNC(=O)c1cccc(/C=C2\C(=O)Nc3ccc(F)cc32)c1. The van der Waals surface area contributed by atoms with Gasteiger partial charge >= 0.3 is 0 Å². The fourth-order valence-corrected chi connectivity index (χ4v) is 3.99. The van der Waals surface area contributed by atoms with Gasteiger partial charge in [0.2, 0.25) is 5.91 Å². The summed E-state index contributed by atoms with van der Waals surface area (Å²) >= 11 is 0. The molecule has 190 valence electrons. The van der Waals surface area contributed by atoms with E-state index in [1.807, 2.05) is 0 Å². The first-order chi connectivity index (χ1) is 17.8. The van der Waals surface area contributed by atoms with Crippen LogP contribution in [0.2, 0.25) is 0 Å². The van der Waals surface area contributed by atoms with E-state index >= 15 is 0 Å². The van der Waals surface area contributed by atoms with E-state index in [0.29, 0.717) is 53.0 Å². The third-order valence-corrected chi connectivity index (χ3v) is 5.88. The summed E-state index contributed by atoms with van der Waals surface area (Å²) in [5, 5.41) is 8.22. The van der Waals surface area contributed by atoms with E-state index in [1.54, 1.807) is 30.3 Å². The number of carbonyl (C=O) groups excluding carboxylic acids is 3. The second-order valence-corrected chi connectivity index (χ2v) is 8.67. The first-order valence-corrected chi connectivity index (χ1v) is 11.9.